The lowest BCUT2D eigenvalue weighted by molar-refractivity contribution is 0.127. The molecular weight excluding hydrogens is 424 g/mol. The Morgan fingerprint density at radius 2 is 2.08 bits per heavy atom. The smallest absolute Gasteiger partial charge is 0.191 e. The van der Waals surface area contributed by atoms with Crippen LogP contribution in [0.25, 0.3) is 0 Å². The minimum atomic E-state index is -0.241. The van der Waals surface area contributed by atoms with Gasteiger partial charge >= 0.3 is 0 Å². The summed E-state index contributed by atoms with van der Waals surface area (Å²) >= 11 is 0. The van der Waals surface area contributed by atoms with E-state index >= 15 is 0 Å². The highest BCUT2D eigenvalue weighted by Gasteiger charge is 2.34. The summed E-state index contributed by atoms with van der Waals surface area (Å²) in [6, 6.07) is 6.36. The van der Waals surface area contributed by atoms with Crippen LogP contribution in [0.15, 0.2) is 29.3 Å². The molecule has 1 unspecified atom stereocenters. The third-order valence-electron chi connectivity index (χ3n) is 4.14. The first-order valence-electron chi connectivity index (χ1n) is 8.13. The van der Waals surface area contributed by atoms with E-state index in [1.165, 1.54) is 12.1 Å². The van der Waals surface area contributed by atoms with E-state index in [0.717, 1.165) is 37.5 Å². The normalized spacial score (nSPS) is 20.5. The highest BCUT2D eigenvalue weighted by atomic mass is 127. The topological polar surface area (TPSA) is 65.9 Å². The molecule has 1 aromatic rings. The van der Waals surface area contributed by atoms with Gasteiger partial charge in [-0.1, -0.05) is 12.1 Å². The number of aliphatic imine (C=N–C) groups is 1. The summed E-state index contributed by atoms with van der Waals surface area (Å²) in [6.07, 6.45) is 1.66. The Hall–Kier alpha value is -0.930. The standard InChI is InChI=1S/C17H26FN3O2.HI/c1-2-19-16(20-11-14-3-5-15(18)6-4-14)21-12-17(7-9-22)8-10-23-13-17;/h3-6,22H,2,7-13H2,1H3,(H2,19,20,21);1H. The Morgan fingerprint density at radius 3 is 2.67 bits per heavy atom. The van der Waals surface area contributed by atoms with Crippen molar-refractivity contribution < 1.29 is 14.2 Å². The van der Waals surface area contributed by atoms with Crippen LogP contribution in [-0.4, -0.2) is 44.0 Å². The summed E-state index contributed by atoms with van der Waals surface area (Å²) < 4.78 is 18.4. The molecule has 0 saturated carbocycles. The van der Waals surface area contributed by atoms with Crippen molar-refractivity contribution in [2.24, 2.45) is 10.4 Å². The first kappa shape index (κ1) is 21.1. The summed E-state index contributed by atoms with van der Waals surface area (Å²) in [6.45, 7) is 5.54. The van der Waals surface area contributed by atoms with E-state index in [-0.39, 0.29) is 41.8 Å². The van der Waals surface area contributed by atoms with Crippen LogP contribution in [-0.2, 0) is 11.3 Å². The van der Waals surface area contributed by atoms with Crippen LogP contribution in [0.1, 0.15) is 25.3 Å². The zero-order valence-corrected chi connectivity index (χ0v) is 16.4. The Balaban J connectivity index is 0.00000288. The van der Waals surface area contributed by atoms with Crippen molar-refractivity contribution in [1.82, 2.24) is 10.6 Å². The van der Waals surface area contributed by atoms with Crippen LogP contribution in [0, 0.1) is 11.2 Å². The largest absolute Gasteiger partial charge is 0.396 e. The molecule has 0 bridgehead atoms. The fraction of sp³-hybridized carbons (Fsp3) is 0.588. The second-order valence-corrected chi connectivity index (χ2v) is 5.95. The third-order valence-corrected chi connectivity index (χ3v) is 4.14. The maximum atomic E-state index is 12.9. The van der Waals surface area contributed by atoms with Crippen molar-refractivity contribution in [3.8, 4) is 0 Å². The first-order chi connectivity index (χ1) is 11.2. The number of ether oxygens (including phenoxy) is 1. The minimum Gasteiger partial charge on any atom is -0.396 e. The van der Waals surface area contributed by atoms with E-state index in [0.29, 0.717) is 19.7 Å². The quantitative estimate of drug-likeness (QED) is 0.338. The van der Waals surface area contributed by atoms with Gasteiger partial charge in [0.1, 0.15) is 5.82 Å². The van der Waals surface area contributed by atoms with Crippen molar-refractivity contribution in [3.63, 3.8) is 0 Å². The highest BCUT2D eigenvalue weighted by Crippen LogP contribution is 2.31. The van der Waals surface area contributed by atoms with E-state index in [4.69, 9.17) is 4.74 Å². The molecule has 0 amide bonds. The molecule has 1 atom stereocenters. The lowest BCUT2D eigenvalue weighted by atomic mass is 9.84. The predicted octanol–water partition coefficient (Wildman–Crippen LogP) is 2.29. The van der Waals surface area contributed by atoms with Crippen molar-refractivity contribution >= 4 is 29.9 Å². The second-order valence-electron chi connectivity index (χ2n) is 5.95. The highest BCUT2D eigenvalue weighted by molar-refractivity contribution is 14.0. The van der Waals surface area contributed by atoms with Gasteiger partial charge in [0.2, 0.25) is 0 Å². The van der Waals surface area contributed by atoms with Crippen LogP contribution in [0.2, 0.25) is 0 Å². The minimum absolute atomic E-state index is 0. The summed E-state index contributed by atoms with van der Waals surface area (Å²) in [5.74, 6) is 0.482. The molecule has 1 aliphatic rings. The average molecular weight is 451 g/mol. The Morgan fingerprint density at radius 1 is 1.33 bits per heavy atom. The molecule has 7 heteroatoms. The van der Waals surface area contributed by atoms with Crippen molar-refractivity contribution in [3.05, 3.63) is 35.6 Å². The number of nitrogens with one attached hydrogen (secondary N) is 2. The molecular formula is C17H27FIN3O2. The SMILES string of the molecule is CCNC(=NCc1ccc(F)cc1)NCC1(CCO)CCOC1.I. The van der Waals surface area contributed by atoms with E-state index in [9.17, 15) is 9.50 Å². The molecule has 0 spiro atoms. The monoisotopic (exact) mass is 451 g/mol. The molecule has 3 N–H and O–H groups in total. The molecule has 0 radical (unpaired) electrons. The molecule has 24 heavy (non-hydrogen) atoms. The van der Waals surface area contributed by atoms with Gasteiger partial charge in [0, 0.05) is 31.7 Å². The Labute approximate surface area is 160 Å². The van der Waals surface area contributed by atoms with E-state index in [2.05, 4.69) is 15.6 Å². The molecule has 1 fully saturated rings. The summed E-state index contributed by atoms with van der Waals surface area (Å²) in [5, 5.41) is 15.8. The number of guanidine groups is 1. The van der Waals surface area contributed by atoms with Crippen molar-refractivity contribution in [2.45, 2.75) is 26.3 Å². The third kappa shape index (κ3) is 6.52. The van der Waals surface area contributed by atoms with Gasteiger partial charge in [-0.2, -0.15) is 0 Å². The molecule has 1 heterocycles. The maximum Gasteiger partial charge on any atom is 0.191 e. The van der Waals surface area contributed by atoms with Gasteiger partial charge in [-0.3, -0.25) is 0 Å². The zero-order chi connectivity index (χ0) is 16.5. The number of nitrogens with zero attached hydrogens (tertiary/aromatic N) is 1. The summed E-state index contributed by atoms with van der Waals surface area (Å²) in [4.78, 5) is 4.53. The number of aliphatic hydroxyl groups is 1. The Kier molecular flexibility index (Phi) is 9.53. The molecule has 2 rings (SSSR count). The lowest BCUT2D eigenvalue weighted by Gasteiger charge is -2.27. The van der Waals surface area contributed by atoms with E-state index < -0.39 is 0 Å². The molecule has 1 saturated heterocycles. The van der Waals surface area contributed by atoms with Crippen LogP contribution in [0.5, 0.6) is 0 Å². The number of hydrogen-bond donors (Lipinski definition) is 3. The fourth-order valence-electron chi connectivity index (χ4n) is 2.68. The average Bonchev–Trinajstić information content (AvgIpc) is 3.01. The zero-order valence-electron chi connectivity index (χ0n) is 14.1. The number of aliphatic hydroxyl groups excluding tert-OH is 1. The Bertz CT molecular complexity index is 505. The first-order valence-corrected chi connectivity index (χ1v) is 8.13. The van der Waals surface area contributed by atoms with Gasteiger partial charge < -0.3 is 20.5 Å². The molecule has 5 nitrogen and oxygen atoms in total. The van der Waals surface area contributed by atoms with Crippen LogP contribution in [0.3, 0.4) is 0 Å². The van der Waals surface area contributed by atoms with Crippen LogP contribution in [0.4, 0.5) is 4.39 Å². The van der Waals surface area contributed by atoms with Gasteiger partial charge in [-0.05, 0) is 37.5 Å². The van der Waals surface area contributed by atoms with Gasteiger partial charge in [0.05, 0.1) is 13.2 Å². The molecule has 0 aromatic heterocycles. The van der Waals surface area contributed by atoms with Gasteiger partial charge in [0.25, 0.3) is 0 Å². The molecule has 1 aliphatic heterocycles. The molecule has 136 valence electrons. The van der Waals surface area contributed by atoms with Gasteiger partial charge in [-0.15, -0.1) is 24.0 Å². The fourth-order valence-corrected chi connectivity index (χ4v) is 2.68. The number of rotatable bonds is 7. The summed E-state index contributed by atoms with van der Waals surface area (Å²) in [5.41, 5.74) is 0.929. The van der Waals surface area contributed by atoms with Crippen LogP contribution >= 0.6 is 24.0 Å². The van der Waals surface area contributed by atoms with Crippen molar-refractivity contribution in [1.29, 1.82) is 0 Å². The van der Waals surface area contributed by atoms with Crippen LogP contribution < -0.4 is 10.6 Å². The summed E-state index contributed by atoms with van der Waals surface area (Å²) in [7, 11) is 0. The lowest BCUT2D eigenvalue weighted by Crippen LogP contribution is -2.44. The van der Waals surface area contributed by atoms with Crippen molar-refractivity contribution in [2.75, 3.05) is 32.9 Å². The number of halogens is 2. The number of hydrogen-bond acceptors (Lipinski definition) is 3. The second kappa shape index (κ2) is 10.8. The predicted molar refractivity (Wildman–Crippen MR) is 104 cm³/mol. The maximum absolute atomic E-state index is 12.9. The van der Waals surface area contributed by atoms with E-state index in [1.54, 1.807) is 12.1 Å². The number of benzene rings is 1. The van der Waals surface area contributed by atoms with Gasteiger partial charge in [0.15, 0.2) is 5.96 Å². The molecule has 1 aromatic carbocycles. The molecule has 0 aliphatic carbocycles. The van der Waals surface area contributed by atoms with E-state index in [1.807, 2.05) is 6.92 Å². The van der Waals surface area contributed by atoms with Gasteiger partial charge in [-0.25, -0.2) is 9.38 Å².